The number of likely N-dealkylation sites (N-methyl/N-ethyl adjacent to an activating group) is 1. The second kappa shape index (κ2) is 5.01. The highest BCUT2D eigenvalue weighted by atomic mass is 16.1. The molecule has 1 aromatic carbocycles. The molecule has 2 heteroatoms. The van der Waals surface area contributed by atoms with Crippen LogP contribution in [0.4, 0.5) is 0 Å². The van der Waals surface area contributed by atoms with Gasteiger partial charge < -0.3 is 5.32 Å². The number of aryl methyl sites for hydroxylation is 1. The third kappa shape index (κ3) is 2.14. The molecule has 1 N–H and O–H groups in total. The van der Waals surface area contributed by atoms with Gasteiger partial charge in [0.05, 0.1) is 0 Å². The summed E-state index contributed by atoms with van der Waals surface area (Å²) in [6, 6.07) is 8.26. The molecule has 2 rings (SSSR count). The van der Waals surface area contributed by atoms with Gasteiger partial charge in [0, 0.05) is 6.42 Å². The molecule has 0 unspecified atom stereocenters. The number of hydrogen-bond acceptors (Lipinski definition) is 2. The fraction of sp³-hybridized carbons (Fsp3) is 0.533. The van der Waals surface area contributed by atoms with Crippen molar-refractivity contribution < 1.29 is 4.79 Å². The third-order valence-electron chi connectivity index (χ3n) is 3.77. The van der Waals surface area contributed by atoms with Crippen LogP contribution in [-0.4, -0.2) is 12.3 Å². The second-order valence-corrected chi connectivity index (χ2v) is 4.88. The lowest BCUT2D eigenvalue weighted by atomic mass is 9.74. The molecule has 1 aliphatic rings. The van der Waals surface area contributed by atoms with Gasteiger partial charge >= 0.3 is 0 Å². The normalized spacial score (nSPS) is 24.9. The Morgan fingerprint density at radius 1 is 1.29 bits per heavy atom. The van der Waals surface area contributed by atoms with Crippen LogP contribution in [0.15, 0.2) is 24.3 Å². The van der Waals surface area contributed by atoms with Gasteiger partial charge in [0.1, 0.15) is 5.54 Å². The summed E-state index contributed by atoms with van der Waals surface area (Å²) in [4.78, 5) is 12.4. The van der Waals surface area contributed by atoms with Gasteiger partial charge in [-0.15, -0.1) is 0 Å². The zero-order chi connectivity index (χ0) is 12.3. The zero-order valence-electron chi connectivity index (χ0n) is 10.8. The summed E-state index contributed by atoms with van der Waals surface area (Å²) in [5.74, 6) is 0.361. The van der Waals surface area contributed by atoms with Crippen LogP contribution in [0.1, 0.15) is 43.7 Å². The minimum atomic E-state index is -0.418. The van der Waals surface area contributed by atoms with Crippen molar-refractivity contribution in [3.8, 4) is 0 Å². The molecule has 1 fully saturated rings. The van der Waals surface area contributed by atoms with E-state index in [0.29, 0.717) is 12.2 Å². The van der Waals surface area contributed by atoms with Crippen molar-refractivity contribution in [2.24, 2.45) is 0 Å². The molecule has 0 saturated heterocycles. The van der Waals surface area contributed by atoms with Gasteiger partial charge in [0.25, 0.3) is 0 Å². The van der Waals surface area contributed by atoms with Crippen molar-refractivity contribution >= 4 is 5.78 Å². The summed E-state index contributed by atoms with van der Waals surface area (Å²) in [5, 5.41) is 3.46. The monoisotopic (exact) mass is 231 g/mol. The van der Waals surface area contributed by atoms with E-state index in [0.717, 1.165) is 25.8 Å². The number of rotatable bonds is 3. The van der Waals surface area contributed by atoms with Crippen LogP contribution < -0.4 is 5.32 Å². The van der Waals surface area contributed by atoms with Crippen LogP contribution in [0.5, 0.6) is 0 Å². The molecule has 0 spiro atoms. The number of ketones is 1. The molecule has 2 nitrogen and oxygen atoms in total. The molecular formula is C15H21NO. The minimum absolute atomic E-state index is 0.361. The summed E-state index contributed by atoms with van der Waals surface area (Å²) in [5.41, 5.74) is 1.97. The van der Waals surface area contributed by atoms with Crippen LogP contribution in [0.25, 0.3) is 0 Å². The molecule has 1 aliphatic carbocycles. The molecule has 1 saturated carbocycles. The van der Waals surface area contributed by atoms with E-state index < -0.39 is 5.54 Å². The van der Waals surface area contributed by atoms with Gasteiger partial charge in [-0.1, -0.05) is 37.6 Å². The maximum atomic E-state index is 12.4. The fourth-order valence-corrected chi connectivity index (χ4v) is 2.95. The number of hydrogen-bond donors (Lipinski definition) is 1. The lowest BCUT2D eigenvalue weighted by Crippen LogP contribution is -2.51. The summed E-state index contributed by atoms with van der Waals surface area (Å²) in [7, 11) is 0. The average molecular weight is 231 g/mol. The van der Waals surface area contributed by atoms with E-state index in [1.54, 1.807) is 0 Å². The Bertz CT molecular complexity index is 409. The lowest BCUT2D eigenvalue weighted by Gasteiger charge is -2.38. The Kier molecular flexibility index (Phi) is 3.63. The van der Waals surface area contributed by atoms with Crippen LogP contribution in [-0.2, 0) is 10.3 Å². The topological polar surface area (TPSA) is 29.1 Å². The Balaban J connectivity index is 2.47. The number of nitrogens with one attached hydrogen (secondary N) is 1. The number of benzene rings is 1. The minimum Gasteiger partial charge on any atom is -0.302 e. The van der Waals surface area contributed by atoms with E-state index in [9.17, 15) is 4.79 Å². The molecule has 92 valence electrons. The predicted molar refractivity (Wildman–Crippen MR) is 70.0 cm³/mol. The SMILES string of the molecule is CCN[C@]1(c2ccccc2C)CCCCC1=O. The largest absolute Gasteiger partial charge is 0.302 e. The van der Waals surface area contributed by atoms with Gasteiger partial charge in [-0.3, -0.25) is 4.79 Å². The second-order valence-electron chi connectivity index (χ2n) is 4.88. The average Bonchev–Trinajstić information content (AvgIpc) is 2.33. The smallest absolute Gasteiger partial charge is 0.157 e. The van der Waals surface area contributed by atoms with E-state index in [1.165, 1.54) is 11.1 Å². The first-order valence-electron chi connectivity index (χ1n) is 6.55. The van der Waals surface area contributed by atoms with E-state index in [-0.39, 0.29) is 0 Å². The van der Waals surface area contributed by atoms with Crippen LogP contribution in [0.2, 0.25) is 0 Å². The number of Topliss-reactive ketones (excluding diaryl/α,β-unsaturated/α-hetero) is 1. The molecule has 0 aromatic heterocycles. The molecule has 0 heterocycles. The lowest BCUT2D eigenvalue weighted by molar-refractivity contribution is -0.128. The van der Waals surface area contributed by atoms with Gasteiger partial charge in [-0.25, -0.2) is 0 Å². The highest BCUT2D eigenvalue weighted by Gasteiger charge is 2.41. The van der Waals surface area contributed by atoms with E-state index in [1.807, 2.05) is 12.1 Å². The van der Waals surface area contributed by atoms with Crippen molar-refractivity contribution in [3.05, 3.63) is 35.4 Å². The van der Waals surface area contributed by atoms with Gasteiger partial charge in [-0.2, -0.15) is 0 Å². The molecular weight excluding hydrogens is 210 g/mol. The molecule has 0 bridgehead atoms. The van der Waals surface area contributed by atoms with Crippen molar-refractivity contribution in [1.82, 2.24) is 5.32 Å². The standard InChI is InChI=1S/C15H21NO/c1-3-16-15(11-7-6-10-14(15)17)13-9-5-4-8-12(13)2/h4-5,8-9,16H,3,6-7,10-11H2,1-2H3/t15-/m0/s1. The first kappa shape index (κ1) is 12.3. The Hall–Kier alpha value is -1.15. The van der Waals surface area contributed by atoms with Crippen molar-refractivity contribution in [2.45, 2.75) is 45.1 Å². The maximum absolute atomic E-state index is 12.4. The van der Waals surface area contributed by atoms with Crippen molar-refractivity contribution in [2.75, 3.05) is 6.54 Å². The van der Waals surface area contributed by atoms with Crippen molar-refractivity contribution in [1.29, 1.82) is 0 Å². The molecule has 1 aromatic rings. The Labute approximate surface area is 103 Å². The molecule has 17 heavy (non-hydrogen) atoms. The summed E-state index contributed by atoms with van der Waals surface area (Å²) in [6.07, 6.45) is 3.82. The molecule has 0 amide bonds. The highest BCUT2D eigenvalue weighted by Crippen LogP contribution is 2.35. The van der Waals surface area contributed by atoms with E-state index in [4.69, 9.17) is 0 Å². The van der Waals surface area contributed by atoms with Gasteiger partial charge in [0.2, 0.25) is 0 Å². The summed E-state index contributed by atoms with van der Waals surface area (Å²) >= 11 is 0. The molecule has 0 aliphatic heterocycles. The van der Waals surface area contributed by atoms with Crippen LogP contribution in [0, 0.1) is 6.92 Å². The third-order valence-corrected chi connectivity index (χ3v) is 3.77. The van der Waals surface area contributed by atoms with Gasteiger partial charge in [0.15, 0.2) is 5.78 Å². The van der Waals surface area contributed by atoms with Crippen molar-refractivity contribution in [3.63, 3.8) is 0 Å². The van der Waals surface area contributed by atoms with Gasteiger partial charge in [-0.05, 0) is 37.4 Å². The molecule has 1 atom stereocenters. The quantitative estimate of drug-likeness (QED) is 0.866. The Morgan fingerprint density at radius 2 is 2.06 bits per heavy atom. The first-order chi connectivity index (χ1) is 8.20. The Morgan fingerprint density at radius 3 is 2.71 bits per heavy atom. The number of carbonyl (C=O) groups excluding carboxylic acids is 1. The van der Waals surface area contributed by atoms with E-state index >= 15 is 0 Å². The maximum Gasteiger partial charge on any atom is 0.157 e. The fourth-order valence-electron chi connectivity index (χ4n) is 2.95. The van der Waals surface area contributed by atoms with Crippen LogP contribution >= 0.6 is 0 Å². The summed E-state index contributed by atoms with van der Waals surface area (Å²) in [6.45, 7) is 5.00. The molecule has 0 radical (unpaired) electrons. The van der Waals surface area contributed by atoms with Crippen LogP contribution in [0.3, 0.4) is 0 Å². The highest BCUT2D eigenvalue weighted by molar-refractivity contribution is 5.90. The predicted octanol–water partition coefficient (Wildman–Crippen LogP) is 2.94. The summed E-state index contributed by atoms with van der Waals surface area (Å²) < 4.78 is 0. The first-order valence-corrected chi connectivity index (χ1v) is 6.55. The number of carbonyl (C=O) groups is 1. The zero-order valence-corrected chi connectivity index (χ0v) is 10.8. The van der Waals surface area contributed by atoms with E-state index in [2.05, 4.69) is 31.3 Å².